The summed E-state index contributed by atoms with van der Waals surface area (Å²) in [5, 5.41) is 17.6. The predicted molar refractivity (Wildman–Crippen MR) is 47.4 cm³/mol. The summed E-state index contributed by atoms with van der Waals surface area (Å²) in [5.74, 6) is 0. The molecule has 0 radical (unpaired) electrons. The molecule has 2 N–H and O–H groups in total. The van der Waals surface area contributed by atoms with Gasteiger partial charge in [-0.1, -0.05) is 6.07 Å². The Hall–Kier alpha value is -1.60. The van der Waals surface area contributed by atoms with E-state index >= 15 is 0 Å². The number of halogens is 3. The number of pyridine rings is 1. The lowest BCUT2D eigenvalue weighted by Crippen LogP contribution is -2.10. The van der Waals surface area contributed by atoms with Crippen molar-refractivity contribution in [1.29, 1.82) is 0 Å². The van der Waals surface area contributed by atoms with Crippen LogP contribution in [0.15, 0.2) is 24.4 Å². The Labute approximate surface area is 87.6 Å². The second-order valence-corrected chi connectivity index (χ2v) is 3.18. The van der Waals surface area contributed by atoms with Gasteiger partial charge in [-0.2, -0.15) is 13.2 Å². The molecule has 86 valence electrons. The van der Waals surface area contributed by atoms with Gasteiger partial charge in [-0.25, -0.2) is 4.98 Å². The molecule has 0 bridgehead atoms. The molecule has 0 unspecified atom stereocenters. The van der Waals surface area contributed by atoms with Crippen LogP contribution in [0.5, 0.6) is 0 Å². The molecule has 0 aliphatic carbocycles. The Morgan fingerprint density at radius 3 is 2.50 bits per heavy atom. The van der Waals surface area contributed by atoms with Gasteiger partial charge in [-0.05, 0) is 12.1 Å². The third kappa shape index (κ3) is 1.74. The molecule has 0 aromatic carbocycles. The largest absolute Gasteiger partial charge is 0.431 e. The highest BCUT2D eigenvalue weighted by Crippen LogP contribution is 2.30. The monoisotopic (exact) mass is 232 g/mol. The van der Waals surface area contributed by atoms with Crippen molar-refractivity contribution in [3.05, 3.63) is 35.8 Å². The zero-order valence-electron chi connectivity index (χ0n) is 7.81. The van der Waals surface area contributed by atoms with Crippen molar-refractivity contribution in [1.82, 2.24) is 9.38 Å². The number of fused-ring (bicyclic) bond motifs is 1. The van der Waals surface area contributed by atoms with E-state index in [1.807, 2.05) is 0 Å². The molecule has 2 heterocycles. The quantitative estimate of drug-likeness (QED) is 0.729. The van der Waals surface area contributed by atoms with E-state index in [0.717, 1.165) is 16.7 Å². The number of hydrogen-bond donors (Lipinski definition) is 2. The molecule has 0 aliphatic heterocycles. The lowest BCUT2D eigenvalue weighted by molar-refractivity contribution is -0.142. The third-order valence-electron chi connectivity index (χ3n) is 2.07. The van der Waals surface area contributed by atoms with Crippen molar-refractivity contribution in [3.8, 4) is 0 Å². The standard InChI is InChI=1S/C9H7F3N2O2/c10-9(11,12)6-2-1-3-7-13-5(8(15)16)4-14(6)7/h1-4,8,15-16H. The minimum absolute atomic E-state index is 0.0120. The molecule has 0 fully saturated rings. The number of aliphatic hydroxyl groups excluding tert-OH is 1. The lowest BCUT2D eigenvalue weighted by atomic mass is 10.3. The number of hydrogen-bond acceptors (Lipinski definition) is 3. The lowest BCUT2D eigenvalue weighted by Gasteiger charge is -2.08. The van der Waals surface area contributed by atoms with Gasteiger partial charge >= 0.3 is 6.18 Å². The molecule has 0 saturated carbocycles. The first kappa shape index (κ1) is 10.9. The van der Waals surface area contributed by atoms with E-state index in [2.05, 4.69) is 4.98 Å². The van der Waals surface area contributed by atoms with Crippen LogP contribution in [-0.4, -0.2) is 19.6 Å². The van der Waals surface area contributed by atoms with Gasteiger partial charge in [0.1, 0.15) is 17.0 Å². The summed E-state index contributed by atoms with van der Waals surface area (Å²) in [6, 6.07) is 3.45. The first-order chi connectivity index (χ1) is 7.39. The number of aromatic nitrogens is 2. The molecule has 0 saturated heterocycles. The first-order valence-corrected chi connectivity index (χ1v) is 4.31. The summed E-state index contributed by atoms with van der Waals surface area (Å²) in [7, 11) is 0. The van der Waals surface area contributed by atoms with Crippen molar-refractivity contribution in [2.75, 3.05) is 0 Å². The van der Waals surface area contributed by atoms with Crippen LogP contribution in [-0.2, 0) is 6.18 Å². The van der Waals surface area contributed by atoms with Gasteiger partial charge in [-0.15, -0.1) is 0 Å². The van der Waals surface area contributed by atoms with E-state index in [1.54, 1.807) is 0 Å². The van der Waals surface area contributed by atoms with Crippen LogP contribution >= 0.6 is 0 Å². The predicted octanol–water partition coefficient (Wildman–Crippen LogP) is 1.34. The summed E-state index contributed by atoms with van der Waals surface area (Å²) < 4.78 is 38.4. The SMILES string of the molecule is OC(O)c1cn2c(C(F)(F)F)cccc2n1. The van der Waals surface area contributed by atoms with Crippen LogP contribution in [0.4, 0.5) is 13.2 Å². The second-order valence-electron chi connectivity index (χ2n) is 3.18. The molecule has 16 heavy (non-hydrogen) atoms. The van der Waals surface area contributed by atoms with E-state index in [1.165, 1.54) is 12.1 Å². The topological polar surface area (TPSA) is 57.8 Å². The zero-order valence-corrected chi connectivity index (χ0v) is 7.81. The Bertz CT molecular complexity index is 519. The van der Waals surface area contributed by atoms with E-state index in [4.69, 9.17) is 10.2 Å². The molecule has 2 aromatic rings. The molecular weight excluding hydrogens is 225 g/mol. The Balaban J connectivity index is 2.68. The molecular formula is C9H7F3N2O2. The fraction of sp³-hybridized carbons (Fsp3) is 0.222. The summed E-state index contributed by atoms with van der Waals surface area (Å²) in [6.45, 7) is 0. The van der Waals surface area contributed by atoms with E-state index in [9.17, 15) is 13.2 Å². The molecule has 7 heteroatoms. The van der Waals surface area contributed by atoms with Gasteiger partial charge in [0.05, 0.1) is 0 Å². The van der Waals surface area contributed by atoms with E-state index < -0.39 is 18.2 Å². The summed E-state index contributed by atoms with van der Waals surface area (Å²) in [5.41, 5.74) is -1.13. The van der Waals surface area contributed by atoms with Gasteiger partial charge in [-0.3, -0.25) is 4.40 Å². The van der Waals surface area contributed by atoms with Crippen LogP contribution < -0.4 is 0 Å². The fourth-order valence-electron chi connectivity index (χ4n) is 1.39. The highest BCUT2D eigenvalue weighted by molar-refractivity contribution is 5.42. The maximum absolute atomic E-state index is 12.6. The summed E-state index contributed by atoms with van der Waals surface area (Å²) >= 11 is 0. The van der Waals surface area contributed by atoms with Crippen LogP contribution in [0, 0.1) is 0 Å². The number of rotatable bonds is 1. The molecule has 0 amide bonds. The Kier molecular flexibility index (Phi) is 2.36. The molecule has 2 rings (SSSR count). The third-order valence-corrected chi connectivity index (χ3v) is 2.07. The summed E-state index contributed by atoms with van der Waals surface area (Å²) in [4.78, 5) is 3.65. The minimum Gasteiger partial charge on any atom is -0.363 e. The van der Waals surface area contributed by atoms with Crippen LogP contribution in [0.3, 0.4) is 0 Å². The average molecular weight is 232 g/mol. The molecule has 4 nitrogen and oxygen atoms in total. The fourth-order valence-corrected chi connectivity index (χ4v) is 1.39. The van der Waals surface area contributed by atoms with Gasteiger partial charge in [0, 0.05) is 6.20 Å². The van der Waals surface area contributed by atoms with Crippen molar-refractivity contribution in [2.45, 2.75) is 12.5 Å². The van der Waals surface area contributed by atoms with Crippen LogP contribution in [0.25, 0.3) is 5.65 Å². The van der Waals surface area contributed by atoms with Gasteiger partial charge in [0.2, 0.25) is 0 Å². The molecule has 2 aromatic heterocycles. The highest BCUT2D eigenvalue weighted by atomic mass is 19.4. The van der Waals surface area contributed by atoms with Crippen LogP contribution in [0.1, 0.15) is 17.7 Å². The minimum atomic E-state index is -4.52. The Morgan fingerprint density at radius 1 is 1.25 bits per heavy atom. The zero-order chi connectivity index (χ0) is 11.9. The Morgan fingerprint density at radius 2 is 1.94 bits per heavy atom. The number of alkyl halides is 3. The average Bonchev–Trinajstić information content (AvgIpc) is 2.58. The number of imidazole rings is 1. The normalized spacial score (nSPS) is 12.6. The number of aliphatic hydroxyl groups is 2. The maximum Gasteiger partial charge on any atom is 0.431 e. The van der Waals surface area contributed by atoms with Crippen molar-refractivity contribution < 1.29 is 23.4 Å². The van der Waals surface area contributed by atoms with Gasteiger partial charge in [0.25, 0.3) is 0 Å². The van der Waals surface area contributed by atoms with Gasteiger partial charge < -0.3 is 10.2 Å². The van der Waals surface area contributed by atoms with Crippen molar-refractivity contribution in [3.63, 3.8) is 0 Å². The number of nitrogens with zero attached hydrogens (tertiary/aromatic N) is 2. The van der Waals surface area contributed by atoms with Crippen molar-refractivity contribution in [2.24, 2.45) is 0 Å². The van der Waals surface area contributed by atoms with E-state index in [0.29, 0.717) is 0 Å². The second kappa shape index (κ2) is 3.46. The molecule has 0 spiro atoms. The van der Waals surface area contributed by atoms with Gasteiger partial charge in [0.15, 0.2) is 6.29 Å². The van der Waals surface area contributed by atoms with Crippen molar-refractivity contribution >= 4 is 5.65 Å². The molecule has 0 atom stereocenters. The first-order valence-electron chi connectivity index (χ1n) is 4.31. The maximum atomic E-state index is 12.6. The summed E-state index contributed by atoms with van der Waals surface area (Å²) in [6.07, 6.45) is -5.46. The van der Waals surface area contributed by atoms with E-state index in [-0.39, 0.29) is 11.3 Å². The van der Waals surface area contributed by atoms with Crippen LogP contribution in [0.2, 0.25) is 0 Å². The smallest absolute Gasteiger partial charge is 0.363 e. The molecule has 0 aliphatic rings. The highest BCUT2D eigenvalue weighted by Gasteiger charge is 2.33.